The maximum Gasteiger partial charge on any atom is 0.250 e. The van der Waals surface area contributed by atoms with Crippen LogP contribution in [0.2, 0.25) is 5.02 Å². The van der Waals surface area contributed by atoms with Crippen molar-refractivity contribution < 1.29 is 14.6 Å². The van der Waals surface area contributed by atoms with Crippen LogP contribution in [0.4, 0.5) is 0 Å². The molecule has 2 N–H and O–H groups in total. The number of halogens is 1. The largest absolute Gasteiger partial charge is 0.504 e. The Hall–Kier alpha value is -3.04. The molecule has 1 aromatic heterocycles. The highest BCUT2D eigenvalue weighted by molar-refractivity contribution is 7.99. The number of amides is 1. The molecule has 10 heteroatoms. The second-order valence-electron chi connectivity index (χ2n) is 6.30. The number of hydrogen-bond donors (Lipinski definition) is 2. The van der Waals surface area contributed by atoms with E-state index in [0.29, 0.717) is 34.6 Å². The number of nitrogens with zero attached hydrogens (tertiary/aromatic N) is 4. The van der Waals surface area contributed by atoms with Crippen LogP contribution in [-0.2, 0) is 11.3 Å². The predicted molar refractivity (Wildman–Crippen MR) is 122 cm³/mol. The Balaban J connectivity index is 1.58. The first-order chi connectivity index (χ1) is 15.0. The average molecular weight is 460 g/mol. The highest BCUT2D eigenvalue weighted by Gasteiger charge is 2.14. The van der Waals surface area contributed by atoms with Crippen molar-refractivity contribution in [1.29, 1.82) is 0 Å². The monoisotopic (exact) mass is 459 g/mol. The summed E-state index contributed by atoms with van der Waals surface area (Å²) in [6.45, 7) is 4.92. The average Bonchev–Trinajstić information content (AvgIpc) is 3.18. The van der Waals surface area contributed by atoms with E-state index in [1.165, 1.54) is 24.0 Å². The zero-order valence-electron chi connectivity index (χ0n) is 17.1. The number of phenols is 1. The van der Waals surface area contributed by atoms with Gasteiger partial charge in [0.15, 0.2) is 22.5 Å². The van der Waals surface area contributed by atoms with Crippen molar-refractivity contribution in [2.45, 2.75) is 25.5 Å². The van der Waals surface area contributed by atoms with Crippen LogP contribution in [0.5, 0.6) is 11.5 Å². The van der Waals surface area contributed by atoms with E-state index in [4.69, 9.17) is 16.3 Å². The molecule has 0 spiro atoms. The number of nitrogens with one attached hydrogen (secondary N) is 1. The molecule has 0 bridgehead atoms. The van der Waals surface area contributed by atoms with E-state index in [2.05, 4.69) is 20.7 Å². The van der Waals surface area contributed by atoms with Crippen molar-refractivity contribution in [3.63, 3.8) is 0 Å². The molecule has 0 saturated carbocycles. The molecule has 31 heavy (non-hydrogen) atoms. The molecule has 0 fully saturated rings. The third-order valence-electron chi connectivity index (χ3n) is 4.15. The second-order valence-corrected chi connectivity index (χ2v) is 7.68. The maximum absolute atomic E-state index is 12.2. The summed E-state index contributed by atoms with van der Waals surface area (Å²) in [5, 5.41) is 23.4. The van der Waals surface area contributed by atoms with E-state index in [1.54, 1.807) is 24.3 Å². The van der Waals surface area contributed by atoms with Crippen molar-refractivity contribution in [3.8, 4) is 22.9 Å². The van der Waals surface area contributed by atoms with Gasteiger partial charge in [0.05, 0.1) is 18.6 Å². The Kier molecular flexibility index (Phi) is 7.91. The third-order valence-corrected chi connectivity index (χ3v) is 5.37. The fourth-order valence-electron chi connectivity index (χ4n) is 2.72. The number of rotatable bonds is 9. The lowest BCUT2D eigenvalue weighted by Gasteiger charge is -2.07. The van der Waals surface area contributed by atoms with Gasteiger partial charge in [-0.15, -0.1) is 10.2 Å². The third kappa shape index (κ3) is 5.99. The van der Waals surface area contributed by atoms with Gasteiger partial charge in [0.1, 0.15) is 0 Å². The minimum Gasteiger partial charge on any atom is -0.504 e. The minimum absolute atomic E-state index is 0.0532. The normalized spacial score (nSPS) is 11.1. The fourth-order valence-corrected chi connectivity index (χ4v) is 3.64. The first kappa shape index (κ1) is 22.6. The SMILES string of the molecule is CCOc1cc(C=NNC(=O)CSc2nnc(-c3ccc(Cl)cc3)n2CC)ccc1O. The highest BCUT2D eigenvalue weighted by atomic mass is 35.5. The molecule has 0 saturated heterocycles. The first-order valence-electron chi connectivity index (χ1n) is 9.61. The number of carbonyl (C=O) groups is 1. The van der Waals surface area contributed by atoms with Gasteiger partial charge in [-0.05, 0) is 61.9 Å². The molecular weight excluding hydrogens is 438 g/mol. The van der Waals surface area contributed by atoms with Gasteiger partial charge in [-0.3, -0.25) is 4.79 Å². The lowest BCUT2D eigenvalue weighted by atomic mass is 10.2. The van der Waals surface area contributed by atoms with Crippen LogP contribution in [0.1, 0.15) is 19.4 Å². The molecule has 0 atom stereocenters. The number of aromatic nitrogens is 3. The number of carbonyl (C=O) groups excluding carboxylic acids is 1. The standard InChI is InChI=1S/C21H22ClN5O3S/c1-3-27-20(15-6-8-16(22)9-7-15)25-26-21(27)31-13-19(29)24-23-12-14-5-10-17(28)18(11-14)30-4-2/h5-12,28H,3-4,13H2,1-2H3,(H,24,29). The lowest BCUT2D eigenvalue weighted by molar-refractivity contribution is -0.118. The molecule has 1 amide bonds. The van der Waals surface area contributed by atoms with Crippen LogP contribution in [-0.4, -0.2) is 44.4 Å². The summed E-state index contributed by atoms with van der Waals surface area (Å²) >= 11 is 7.23. The molecule has 162 valence electrons. The Labute approximate surface area is 189 Å². The molecule has 3 aromatic rings. The van der Waals surface area contributed by atoms with E-state index >= 15 is 0 Å². The molecule has 1 heterocycles. The highest BCUT2D eigenvalue weighted by Crippen LogP contribution is 2.26. The summed E-state index contributed by atoms with van der Waals surface area (Å²) in [6, 6.07) is 12.2. The Morgan fingerprint density at radius 1 is 1.26 bits per heavy atom. The Morgan fingerprint density at radius 2 is 2.03 bits per heavy atom. The Morgan fingerprint density at radius 3 is 2.74 bits per heavy atom. The molecule has 0 radical (unpaired) electrons. The second kappa shape index (κ2) is 10.8. The topological polar surface area (TPSA) is 102 Å². The van der Waals surface area contributed by atoms with Gasteiger partial charge in [0.25, 0.3) is 5.91 Å². The van der Waals surface area contributed by atoms with Crippen LogP contribution in [0, 0.1) is 0 Å². The zero-order chi connectivity index (χ0) is 22.2. The van der Waals surface area contributed by atoms with Crippen molar-refractivity contribution in [2.75, 3.05) is 12.4 Å². The van der Waals surface area contributed by atoms with Crippen LogP contribution in [0.3, 0.4) is 0 Å². The van der Waals surface area contributed by atoms with E-state index in [-0.39, 0.29) is 17.4 Å². The summed E-state index contributed by atoms with van der Waals surface area (Å²) in [7, 11) is 0. The number of hydrazone groups is 1. The van der Waals surface area contributed by atoms with Crippen molar-refractivity contribution in [3.05, 3.63) is 53.1 Å². The molecular formula is C21H22ClN5O3S. The molecule has 0 aliphatic carbocycles. The van der Waals surface area contributed by atoms with Gasteiger partial charge in [-0.2, -0.15) is 5.10 Å². The smallest absolute Gasteiger partial charge is 0.250 e. The molecule has 2 aromatic carbocycles. The number of phenolic OH excluding ortho intramolecular Hbond substituents is 1. The van der Waals surface area contributed by atoms with Gasteiger partial charge in [0, 0.05) is 17.1 Å². The summed E-state index contributed by atoms with van der Waals surface area (Å²) in [5.74, 6) is 0.998. The summed E-state index contributed by atoms with van der Waals surface area (Å²) in [6.07, 6.45) is 1.48. The van der Waals surface area contributed by atoms with Crippen LogP contribution in [0.25, 0.3) is 11.4 Å². The van der Waals surface area contributed by atoms with E-state index in [1.807, 2.05) is 30.5 Å². The van der Waals surface area contributed by atoms with Gasteiger partial charge in [-0.1, -0.05) is 23.4 Å². The lowest BCUT2D eigenvalue weighted by Crippen LogP contribution is -2.20. The predicted octanol–water partition coefficient (Wildman–Crippen LogP) is 3.97. The van der Waals surface area contributed by atoms with Crippen LogP contribution < -0.4 is 10.2 Å². The van der Waals surface area contributed by atoms with Crippen LogP contribution >= 0.6 is 23.4 Å². The van der Waals surface area contributed by atoms with Gasteiger partial charge in [-0.25, -0.2) is 5.43 Å². The van der Waals surface area contributed by atoms with Gasteiger partial charge < -0.3 is 14.4 Å². The molecule has 0 unspecified atom stereocenters. The van der Waals surface area contributed by atoms with Crippen LogP contribution in [0.15, 0.2) is 52.7 Å². The molecule has 8 nitrogen and oxygen atoms in total. The molecule has 3 rings (SSSR count). The fraction of sp³-hybridized carbons (Fsp3) is 0.238. The number of aromatic hydroxyl groups is 1. The van der Waals surface area contributed by atoms with E-state index in [0.717, 1.165) is 11.4 Å². The number of hydrogen-bond acceptors (Lipinski definition) is 7. The van der Waals surface area contributed by atoms with Crippen molar-refractivity contribution >= 4 is 35.5 Å². The zero-order valence-corrected chi connectivity index (χ0v) is 18.7. The minimum atomic E-state index is -0.274. The van der Waals surface area contributed by atoms with E-state index < -0.39 is 0 Å². The first-order valence-corrected chi connectivity index (χ1v) is 11.0. The van der Waals surface area contributed by atoms with Gasteiger partial charge >= 0.3 is 0 Å². The quantitative estimate of drug-likeness (QED) is 0.285. The van der Waals surface area contributed by atoms with Crippen molar-refractivity contribution in [1.82, 2.24) is 20.2 Å². The van der Waals surface area contributed by atoms with E-state index in [9.17, 15) is 9.90 Å². The molecule has 0 aliphatic rings. The summed E-state index contributed by atoms with van der Waals surface area (Å²) in [4.78, 5) is 12.2. The van der Waals surface area contributed by atoms with Crippen molar-refractivity contribution in [2.24, 2.45) is 5.10 Å². The van der Waals surface area contributed by atoms with Gasteiger partial charge in [0.2, 0.25) is 0 Å². The summed E-state index contributed by atoms with van der Waals surface area (Å²) in [5.41, 5.74) is 4.07. The number of thioether (sulfide) groups is 1. The summed E-state index contributed by atoms with van der Waals surface area (Å²) < 4.78 is 7.27. The number of benzene rings is 2. The number of ether oxygens (including phenoxy) is 1. The maximum atomic E-state index is 12.2. The molecule has 0 aliphatic heterocycles. The Bertz CT molecular complexity index is 1070.